The van der Waals surface area contributed by atoms with Gasteiger partial charge < -0.3 is 26.8 Å². The minimum Gasteiger partial charge on any atom is -0.478 e. The number of carbonyl (C=O) groups excluding carboxylic acids is 1. The summed E-state index contributed by atoms with van der Waals surface area (Å²) in [5.41, 5.74) is 16.7. The molecule has 0 unspecified atom stereocenters. The number of carbonyl (C=O) groups is 2. The molecule has 1 aliphatic heterocycles. The van der Waals surface area contributed by atoms with E-state index in [0.717, 1.165) is 35.3 Å². The molecule has 0 aliphatic carbocycles. The molecular formula is C22H22N6O3. The van der Waals surface area contributed by atoms with Gasteiger partial charge in [-0.05, 0) is 47.4 Å². The first-order chi connectivity index (χ1) is 14.8. The lowest BCUT2D eigenvalue weighted by atomic mass is 9.99. The summed E-state index contributed by atoms with van der Waals surface area (Å²) in [7, 11) is 0. The summed E-state index contributed by atoms with van der Waals surface area (Å²) >= 11 is 0. The minimum atomic E-state index is -1.09. The molecule has 0 atom stereocenters. The van der Waals surface area contributed by atoms with Gasteiger partial charge in [-0.1, -0.05) is 12.1 Å². The second kappa shape index (κ2) is 7.94. The first-order valence-electron chi connectivity index (χ1n) is 9.72. The summed E-state index contributed by atoms with van der Waals surface area (Å²) in [5.74, 6) is -0.886. The van der Waals surface area contributed by atoms with Gasteiger partial charge in [0.1, 0.15) is 5.82 Å². The number of carboxylic acid groups (broad SMARTS) is 1. The number of rotatable bonds is 5. The summed E-state index contributed by atoms with van der Waals surface area (Å²) in [6.45, 7) is 2.76. The van der Waals surface area contributed by atoms with E-state index in [4.69, 9.17) is 11.5 Å². The van der Waals surface area contributed by atoms with Gasteiger partial charge in [-0.3, -0.25) is 4.79 Å². The number of nitrogens with one attached hydrogen (secondary N) is 1. The highest BCUT2D eigenvalue weighted by atomic mass is 16.4. The normalized spacial score (nSPS) is 12.5. The molecule has 2 aromatic carbocycles. The van der Waals surface area contributed by atoms with Crippen LogP contribution in [-0.2, 0) is 17.8 Å². The Morgan fingerprint density at radius 1 is 1.16 bits per heavy atom. The van der Waals surface area contributed by atoms with Crippen molar-refractivity contribution < 1.29 is 14.7 Å². The van der Waals surface area contributed by atoms with Crippen molar-refractivity contribution >= 4 is 35.0 Å². The van der Waals surface area contributed by atoms with Gasteiger partial charge in [0, 0.05) is 37.5 Å². The predicted octanol–water partition coefficient (Wildman–Crippen LogP) is 2.53. The number of anilines is 4. The Hall–Kier alpha value is -4.14. The predicted molar refractivity (Wildman–Crippen MR) is 119 cm³/mol. The number of aromatic nitrogens is 2. The Morgan fingerprint density at radius 3 is 2.61 bits per heavy atom. The van der Waals surface area contributed by atoms with Crippen molar-refractivity contribution in [3.8, 4) is 11.1 Å². The molecule has 158 valence electrons. The molecule has 9 heteroatoms. The Bertz CT molecular complexity index is 1190. The fourth-order valence-corrected chi connectivity index (χ4v) is 3.78. The highest BCUT2D eigenvalue weighted by Crippen LogP contribution is 2.35. The summed E-state index contributed by atoms with van der Waals surface area (Å²) in [4.78, 5) is 33.2. The van der Waals surface area contributed by atoms with Crippen molar-refractivity contribution in [1.82, 2.24) is 9.97 Å². The maximum absolute atomic E-state index is 11.5. The summed E-state index contributed by atoms with van der Waals surface area (Å²) < 4.78 is 0. The number of carboxylic acids is 1. The van der Waals surface area contributed by atoms with Crippen LogP contribution < -0.4 is 21.7 Å². The second-order valence-corrected chi connectivity index (χ2v) is 7.40. The van der Waals surface area contributed by atoms with Gasteiger partial charge in [-0.2, -0.15) is 4.98 Å². The number of fused-ring (bicyclic) bond motifs is 1. The Kier molecular flexibility index (Phi) is 5.16. The summed E-state index contributed by atoms with van der Waals surface area (Å²) in [6, 6.07) is 11.0. The average molecular weight is 418 g/mol. The molecule has 0 fully saturated rings. The van der Waals surface area contributed by atoms with Gasteiger partial charge in [0.25, 0.3) is 0 Å². The third-order valence-electron chi connectivity index (χ3n) is 5.24. The van der Waals surface area contributed by atoms with Crippen molar-refractivity contribution in [3.63, 3.8) is 0 Å². The smallest absolute Gasteiger partial charge is 0.337 e. The molecule has 1 aliphatic rings. The molecule has 0 saturated carbocycles. The number of nitrogen functional groups attached to an aromatic ring is 2. The molecule has 0 radical (unpaired) electrons. The molecular weight excluding hydrogens is 396 g/mol. The van der Waals surface area contributed by atoms with Crippen LogP contribution in [0.2, 0.25) is 0 Å². The first-order valence-corrected chi connectivity index (χ1v) is 9.72. The van der Waals surface area contributed by atoms with E-state index in [1.54, 1.807) is 18.3 Å². The third kappa shape index (κ3) is 4.11. The summed E-state index contributed by atoms with van der Waals surface area (Å²) in [6.07, 6.45) is 2.52. The molecule has 1 amide bonds. The van der Waals surface area contributed by atoms with Crippen LogP contribution >= 0.6 is 0 Å². The Labute approximate surface area is 178 Å². The van der Waals surface area contributed by atoms with Crippen LogP contribution in [0.3, 0.4) is 0 Å². The van der Waals surface area contributed by atoms with Gasteiger partial charge in [0.05, 0.1) is 11.3 Å². The monoisotopic (exact) mass is 418 g/mol. The van der Waals surface area contributed by atoms with Gasteiger partial charge in [0.2, 0.25) is 11.9 Å². The molecule has 4 rings (SSSR count). The van der Waals surface area contributed by atoms with Crippen molar-refractivity contribution in [1.29, 1.82) is 0 Å². The zero-order valence-corrected chi connectivity index (χ0v) is 16.9. The highest BCUT2D eigenvalue weighted by Gasteiger charge is 2.21. The molecule has 6 N–H and O–H groups in total. The highest BCUT2D eigenvalue weighted by molar-refractivity contribution is 6.01. The van der Waals surface area contributed by atoms with E-state index in [1.165, 1.54) is 18.6 Å². The van der Waals surface area contributed by atoms with Crippen LogP contribution in [0.25, 0.3) is 11.1 Å². The van der Waals surface area contributed by atoms with Gasteiger partial charge in [-0.15, -0.1) is 0 Å². The van der Waals surface area contributed by atoms with E-state index in [0.29, 0.717) is 12.4 Å². The van der Waals surface area contributed by atoms with Crippen molar-refractivity contribution in [2.24, 2.45) is 0 Å². The topological polar surface area (TPSA) is 147 Å². The zero-order chi connectivity index (χ0) is 22.1. The number of benzene rings is 2. The Morgan fingerprint density at radius 2 is 1.90 bits per heavy atom. The number of nitrogens with zero attached hydrogens (tertiary/aromatic N) is 3. The molecule has 0 saturated heterocycles. The SMILES string of the molecule is CC(=O)Nc1cc(-c2ccc3c(c2)CCN3Cc2cnc(N)nc2N)ccc1C(=O)O. The maximum Gasteiger partial charge on any atom is 0.337 e. The van der Waals surface area contributed by atoms with Crippen LogP contribution in [0, 0.1) is 0 Å². The van der Waals surface area contributed by atoms with Crippen molar-refractivity contribution in [2.75, 3.05) is 28.2 Å². The minimum absolute atomic E-state index is 0.0505. The third-order valence-corrected chi connectivity index (χ3v) is 5.24. The van der Waals surface area contributed by atoms with Crippen LogP contribution in [0.4, 0.5) is 23.1 Å². The molecule has 0 spiro atoms. The van der Waals surface area contributed by atoms with Gasteiger partial charge in [0.15, 0.2) is 0 Å². The van der Waals surface area contributed by atoms with E-state index in [1.807, 2.05) is 12.1 Å². The Balaban J connectivity index is 1.62. The number of hydrogen-bond donors (Lipinski definition) is 4. The average Bonchev–Trinajstić information content (AvgIpc) is 3.11. The maximum atomic E-state index is 11.5. The number of aromatic carboxylic acids is 1. The number of hydrogen-bond acceptors (Lipinski definition) is 7. The lowest BCUT2D eigenvalue weighted by Crippen LogP contribution is -2.21. The lowest BCUT2D eigenvalue weighted by Gasteiger charge is -2.20. The van der Waals surface area contributed by atoms with Crippen molar-refractivity contribution in [2.45, 2.75) is 19.9 Å². The standard InChI is InChI=1S/C22H22N6O3/c1-12(29)26-18-9-14(2-4-17(18)21(30)31)13-3-5-19-15(8-13)6-7-28(19)11-16-10-25-22(24)27-20(16)23/h2-5,8-10H,6-7,11H2,1H3,(H,26,29)(H,30,31)(H4,23,24,25,27). The second-order valence-electron chi connectivity index (χ2n) is 7.40. The van der Waals surface area contributed by atoms with Crippen molar-refractivity contribution in [3.05, 3.63) is 59.3 Å². The molecule has 3 aromatic rings. The van der Waals surface area contributed by atoms with Crippen LogP contribution in [0.15, 0.2) is 42.6 Å². The van der Waals surface area contributed by atoms with Gasteiger partial charge in [-0.25, -0.2) is 9.78 Å². The molecule has 2 heterocycles. The first kappa shape index (κ1) is 20.1. The quantitative estimate of drug-likeness (QED) is 0.494. The van der Waals surface area contributed by atoms with E-state index in [-0.39, 0.29) is 23.1 Å². The fraction of sp³-hybridized carbons (Fsp3) is 0.182. The van der Waals surface area contributed by atoms with Crippen LogP contribution in [0.1, 0.15) is 28.4 Å². The van der Waals surface area contributed by atoms with E-state index >= 15 is 0 Å². The fourth-order valence-electron chi connectivity index (χ4n) is 3.78. The van der Waals surface area contributed by atoms with Crippen LogP contribution in [-0.4, -0.2) is 33.5 Å². The largest absolute Gasteiger partial charge is 0.478 e. The lowest BCUT2D eigenvalue weighted by molar-refractivity contribution is -0.114. The zero-order valence-electron chi connectivity index (χ0n) is 16.9. The molecule has 9 nitrogen and oxygen atoms in total. The van der Waals surface area contributed by atoms with E-state index in [9.17, 15) is 14.7 Å². The molecule has 1 aromatic heterocycles. The van der Waals surface area contributed by atoms with E-state index in [2.05, 4.69) is 26.3 Å². The van der Waals surface area contributed by atoms with E-state index < -0.39 is 5.97 Å². The molecule has 31 heavy (non-hydrogen) atoms. The number of amides is 1. The number of nitrogens with two attached hydrogens (primary N) is 2. The van der Waals surface area contributed by atoms with Crippen LogP contribution in [0.5, 0.6) is 0 Å². The van der Waals surface area contributed by atoms with Gasteiger partial charge >= 0.3 is 5.97 Å². The molecule has 0 bridgehead atoms. The summed E-state index contributed by atoms with van der Waals surface area (Å²) in [5, 5.41) is 12.0.